The molecule has 2 amide bonds. The molecule has 4 aromatic rings. The Balaban J connectivity index is 0.927. The van der Waals surface area contributed by atoms with Gasteiger partial charge >= 0.3 is 0 Å². The van der Waals surface area contributed by atoms with Crippen LogP contribution >= 0.6 is 0 Å². The molecule has 5 atom stereocenters. The van der Waals surface area contributed by atoms with E-state index >= 15 is 0 Å². The number of unbranched alkanes of at least 4 members (excludes halogenated alkanes) is 2. The van der Waals surface area contributed by atoms with Crippen molar-refractivity contribution in [2.24, 2.45) is 10.8 Å². The van der Waals surface area contributed by atoms with Crippen LogP contribution in [0.25, 0.3) is 11.1 Å². The second kappa shape index (κ2) is 17.9. The molecular weight excluding hydrogens is 713 g/mol. The second-order valence-corrected chi connectivity index (χ2v) is 17.8. The number of hydrogen-bond donors (Lipinski definition) is 4. The fraction of sp³-hybridized carbons (Fsp3) is 0.458. The highest BCUT2D eigenvalue weighted by Gasteiger charge is 2.50. The molecule has 2 saturated heterocycles. The number of fused-ring (bicyclic) bond motifs is 2. The number of nitrogens with zero attached hydrogens (tertiary/aromatic N) is 1. The van der Waals surface area contributed by atoms with Crippen molar-refractivity contribution in [3.8, 4) is 11.1 Å². The minimum atomic E-state index is -0.498. The monoisotopic (exact) mass is 772 g/mol. The van der Waals surface area contributed by atoms with Crippen LogP contribution in [0.15, 0.2) is 97.1 Å². The van der Waals surface area contributed by atoms with Crippen molar-refractivity contribution >= 4 is 23.2 Å². The van der Waals surface area contributed by atoms with Crippen molar-refractivity contribution in [2.45, 2.75) is 116 Å². The van der Waals surface area contributed by atoms with E-state index in [1.807, 2.05) is 36.4 Å². The average Bonchev–Trinajstić information content (AvgIpc) is 3.44. The van der Waals surface area contributed by atoms with Gasteiger partial charge in [-0.05, 0) is 89.0 Å². The van der Waals surface area contributed by atoms with Crippen LogP contribution in [0.2, 0.25) is 0 Å². The van der Waals surface area contributed by atoms with Crippen LogP contribution in [-0.2, 0) is 32.2 Å². The Hall–Kier alpha value is -4.54. The van der Waals surface area contributed by atoms with E-state index in [0.29, 0.717) is 54.1 Å². The number of aliphatic hydroxyl groups is 1. The molecule has 7 rings (SSSR count). The van der Waals surface area contributed by atoms with E-state index in [2.05, 4.69) is 84.8 Å². The lowest BCUT2D eigenvalue weighted by Crippen LogP contribution is -2.42. The van der Waals surface area contributed by atoms with Gasteiger partial charge in [0.15, 0.2) is 6.29 Å². The summed E-state index contributed by atoms with van der Waals surface area (Å²) in [7, 11) is 0. The third-order valence-corrected chi connectivity index (χ3v) is 12.1. The van der Waals surface area contributed by atoms with Crippen LogP contribution in [-0.4, -0.2) is 47.1 Å². The van der Waals surface area contributed by atoms with Gasteiger partial charge in [0.1, 0.15) is 0 Å². The molecule has 302 valence electrons. The first-order chi connectivity index (χ1) is 27.4. The van der Waals surface area contributed by atoms with Crippen molar-refractivity contribution in [1.82, 2.24) is 10.2 Å². The Kier molecular flexibility index (Phi) is 12.8. The molecule has 0 aromatic heterocycles. The number of hydrogen-bond acceptors (Lipinski definition) is 7. The maximum Gasteiger partial charge on any atom is 0.224 e. The molecule has 1 aliphatic carbocycles. The SMILES string of the molecule is CC1(C)CC2CC(C)(CN2C[C@@H]2C[C@H](c3ccc(CO)cc3)O[C@H](c3ccc(-c4cccc(CNC(=O)CCCCCC(=O)Nc5ccccc5N)c4)cc3)O2)C1. The Morgan fingerprint density at radius 2 is 1.54 bits per heavy atom. The number of nitrogens with two attached hydrogens (primary N) is 1. The van der Waals surface area contributed by atoms with Crippen molar-refractivity contribution < 1.29 is 24.2 Å². The fourth-order valence-corrected chi connectivity index (χ4v) is 9.64. The predicted molar refractivity (Wildman–Crippen MR) is 226 cm³/mol. The molecule has 4 aromatic carbocycles. The van der Waals surface area contributed by atoms with Gasteiger partial charge in [0.2, 0.25) is 11.8 Å². The van der Waals surface area contributed by atoms with Crippen LogP contribution in [0.1, 0.15) is 113 Å². The molecule has 2 unspecified atom stereocenters. The number of benzene rings is 4. The predicted octanol–water partition coefficient (Wildman–Crippen LogP) is 9.08. The number of nitrogen functional groups attached to an aromatic ring is 1. The first kappa shape index (κ1) is 40.6. The molecule has 0 spiro atoms. The number of para-hydroxylation sites is 2. The first-order valence-electron chi connectivity index (χ1n) is 20.8. The van der Waals surface area contributed by atoms with E-state index in [-0.39, 0.29) is 30.6 Å². The van der Waals surface area contributed by atoms with Gasteiger partial charge in [-0.3, -0.25) is 14.5 Å². The lowest BCUT2D eigenvalue weighted by atomic mass is 9.65. The third-order valence-electron chi connectivity index (χ3n) is 12.1. The zero-order valence-corrected chi connectivity index (χ0v) is 33.8. The van der Waals surface area contributed by atoms with E-state index in [0.717, 1.165) is 65.7 Å². The van der Waals surface area contributed by atoms with E-state index in [1.54, 1.807) is 12.1 Å². The lowest BCUT2D eigenvalue weighted by Gasteiger charge is -2.41. The van der Waals surface area contributed by atoms with Gasteiger partial charge in [0, 0.05) is 50.5 Å². The highest BCUT2D eigenvalue weighted by Crippen LogP contribution is 2.53. The first-order valence-corrected chi connectivity index (χ1v) is 20.8. The number of aliphatic hydroxyl groups excluding tert-OH is 1. The van der Waals surface area contributed by atoms with Crippen LogP contribution in [0.5, 0.6) is 0 Å². The van der Waals surface area contributed by atoms with E-state index in [1.165, 1.54) is 19.3 Å². The van der Waals surface area contributed by atoms with Crippen molar-refractivity contribution in [3.05, 3.63) is 119 Å². The van der Waals surface area contributed by atoms with Crippen LogP contribution in [0.4, 0.5) is 11.4 Å². The minimum absolute atomic E-state index is 0.00512. The highest BCUT2D eigenvalue weighted by atomic mass is 16.7. The smallest absolute Gasteiger partial charge is 0.224 e. The van der Waals surface area contributed by atoms with Crippen molar-refractivity contribution in [2.75, 3.05) is 24.1 Å². The highest BCUT2D eigenvalue weighted by molar-refractivity contribution is 5.93. The molecule has 0 radical (unpaired) electrons. The molecule has 2 bridgehead atoms. The molecule has 57 heavy (non-hydrogen) atoms. The fourth-order valence-electron chi connectivity index (χ4n) is 9.64. The zero-order chi connectivity index (χ0) is 40.0. The third kappa shape index (κ3) is 10.7. The van der Waals surface area contributed by atoms with E-state index in [9.17, 15) is 14.7 Å². The molecule has 9 nitrogen and oxygen atoms in total. The van der Waals surface area contributed by atoms with Gasteiger partial charge < -0.3 is 30.9 Å². The van der Waals surface area contributed by atoms with Gasteiger partial charge in [0.05, 0.1) is 30.2 Å². The number of ether oxygens (including phenoxy) is 2. The molecular formula is C48H60N4O5. The van der Waals surface area contributed by atoms with Gasteiger partial charge in [-0.25, -0.2) is 0 Å². The molecule has 9 heteroatoms. The standard InChI is InChI=1S/C48H60N4O5/c1-47(2)26-39-27-48(3,31-47)32-52(39)29-40-25-43(36-18-16-33(30-53)17-19-36)57-46(56-40)37-22-20-35(21-23-37)38-11-9-10-34(24-38)28-50-44(54)14-5-4-6-15-45(55)51-42-13-8-7-12-41(42)49/h7-13,16-24,39-40,43,46,53H,4-6,14-15,25-32,49H2,1-3H3,(H,50,54)(H,51,55)/t39?,40-,43+,46+,48?/m0/s1. The van der Waals surface area contributed by atoms with Crippen LogP contribution < -0.4 is 16.4 Å². The number of rotatable bonds is 15. The average molecular weight is 773 g/mol. The number of carbonyl (C=O) groups is 2. The van der Waals surface area contributed by atoms with E-state index in [4.69, 9.17) is 15.2 Å². The van der Waals surface area contributed by atoms with Crippen molar-refractivity contribution in [1.29, 1.82) is 0 Å². The Morgan fingerprint density at radius 1 is 0.807 bits per heavy atom. The topological polar surface area (TPSA) is 126 Å². The molecule has 3 aliphatic rings. The summed E-state index contributed by atoms with van der Waals surface area (Å²) in [6, 6.07) is 32.7. The molecule has 2 aliphatic heterocycles. The second-order valence-electron chi connectivity index (χ2n) is 17.8. The summed E-state index contributed by atoms with van der Waals surface area (Å²) in [6.07, 6.45) is 7.00. The maximum absolute atomic E-state index is 12.6. The summed E-state index contributed by atoms with van der Waals surface area (Å²) < 4.78 is 13.5. The van der Waals surface area contributed by atoms with Crippen LogP contribution in [0.3, 0.4) is 0 Å². The summed E-state index contributed by atoms with van der Waals surface area (Å²) in [5, 5.41) is 15.5. The van der Waals surface area contributed by atoms with Crippen molar-refractivity contribution in [3.63, 3.8) is 0 Å². The summed E-state index contributed by atoms with van der Waals surface area (Å²) in [4.78, 5) is 27.6. The van der Waals surface area contributed by atoms with Gasteiger partial charge in [-0.2, -0.15) is 0 Å². The van der Waals surface area contributed by atoms with Gasteiger partial charge in [-0.15, -0.1) is 0 Å². The van der Waals surface area contributed by atoms with Crippen LogP contribution in [0, 0.1) is 10.8 Å². The minimum Gasteiger partial charge on any atom is -0.397 e. The number of carbonyl (C=O) groups excluding carboxylic acids is 2. The summed E-state index contributed by atoms with van der Waals surface area (Å²) >= 11 is 0. The molecule has 2 heterocycles. The quantitative estimate of drug-likeness (QED) is 0.0702. The zero-order valence-electron chi connectivity index (χ0n) is 33.8. The number of anilines is 2. The Morgan fingerprint density at radius 3 is 2.30 bits per heavy atom. The summed E-state index contributed by atoms with van der Waals surface area (Å²) in [5.74, 6) is -0.0645. The van der Waals surface area contributed by atoms with E-state index < -0.39 is 6.29 Å². The summed E-state index contributed by atoms with van der Waals surface area (Å²) in [5.41, 5.74) is 14.0. The molecule has 1 saturated carbocycles. The largest absolute Gasteiger partial charge is 0.397 e. The number of likely N-dealkylation sites (tertiary alicyclic amines) is 1. The summed E-state index contributed by atoms with van der Waals surface area (Å²) in [6.45, 7) is 9.80. The normalized spacial score (nSPS) is 24.2. The van der Waals surface area contributed by atoms with Gasteiger partial charge in [0.25, 0.3) is 0 Å². The molecule has 5 N–H and O–H groups in total. The Labute approximate surface area is 338 Å². The number of nitrogens with one attached hydrogen (secondary N) is 2. The maximum atomic E-state index is 12.6. The lowest BCUT2D eigenvalue weighted by molar-refractivity contribution is -0.253. The van der Waals surface area contributed by atoms with Gasteiger partial charge in [-0.1, -0.05) is 106 Å². The number of amides is 2. The molecule has 3 fully saturated rings. The Bertz CT molecular complexity index is 1980.